The first-order chi connectivity index (χ1) is 14.8. The predicted molar refractivity (Wildman–Crippen MR) is 118 cm³/mol. The molecule has 2 heterocycles. The van der Waals surface area contributed by atoms with E-state index in [-0.39, 0.29) is 34.8 Å². The molecule has 7 nitrogen and oxygen atoms in total. The average Bonchev–Trinajstić information content (AvgIpc) is 3.42. The number of aromatic nitrogens is 1. The van der Waals surface area contributed by atoms with E-state index >= 15 is 0 Å². The summed E-state index contributed by atoms with van der Waals surface area (Å²) in [6, 6.07) is 8.91. The van der Waals surface area contributed by atoms with Crippen LogP contribution in [0.4, 0.5) is 4.39 Å². The molecule has 3 aromatic rings. The summed E-state index contributed by atoms with van der Waals surface area (Å²) >= 11 is 2.42. The fraction of sp³-hybridized carbons (Fsp3) is 0.300. The molecule has 166 valence electrons. The summed E-state index contributed by atoms with van der Waals surface area (Å²) in [6.07, 6.45) is 0. The lowest BCUT2D eigenvalue weighted by atomic mass is 10.3. The lowest BCUT2D eigenvalue weighted by Crippen LogP contribution is -2.30. The number of nitrogens with zero attached hydrogens (tertiary/aromatic N) is 2. The molecule has 0 aliphatic rings. The fourth-order valence-corrected chi connectivity index (χ4v) is 6.29. The quantitative estimate of drug-likeness (QED) is 0.473. The predicted octanol–water partition coefficient (Wildman–Crippen LogP) is 3.88. The van der Waals surface area contributed by atoms with Gasteiger partial charge in [0.05, 0.1) is 6.54 Å². The highest BCUT2D eigenvalue weighted by Gasteiger charge is 2.23. The summed E-state index contributed by atoms with van der Waals surface area (Å²) in [7, 11) is -3.51. The van der Waals surface area contributed by atoms with Crippen LogP contribution in [0.15, 0.2) is 46.0 Å². The number of carbonyl (C=O) groups is 1. The third-order valence-electron chi connectivity index (χ3n) is 4.32. The monoisotopic (exact) mass is 483 g/mol. The summed E-state index contributed by atoms with van der Waals surface area (Å²) in [6.45, 7) is 4.77. The molecule has 1 amide bonds. The first-order valence-electron chi connectivity index (χ1n) is 9.53. The highest BCUT2D eigenvalue weighted by atomic mass is 32.2. The van der Waals surface area contributed by atoms with Crippen LogP contribution in [0.5, 0.6) is 5.75 Å². The van der Waals surface area contributed by atoms with Crippen molar-refractivity contribution >= 4 is 38.6 Å². The summed E-state index contributed by atoms with van der Waals surface area (Å²) in [4.78, 5) is 17.4. The Hall–Kier alpha value is -2.34. The molecule has 0 spiro atoms. The van der Waals surface area contributed by atoms with Crippen molar-refractivity contribution < 1.29 is 22.3 Å². The van der Waals surface area contributed by atoms with Crippen LogP contribution in [-0.4, -0.2) is 36.7 Å². The standard InChI is InChI=1S/C20H22FN3O4S3/c1-3-24(4-2)31(26,27)19-10-9-16(30-19)11-22-20(25)17-13-29-18(23-17)12-28-15-7-5-14(21)6-8-15/h5-10,13H,3-4,11-12H2,1-2H3,(H,22,25). The maximum atomic E-state index is 12.9. The Bertz CT molecular complexity index is 1120. The highest BCUT2D eigenvalue weighted by Crippen LogP contribution is 2.25. The molecule has 0 saturated carbocycles. The largest absolute Gasteiger partial charge is 0.486 e. The second-order valence-electron chi connectivity index (χ2n) is 6.36. The first kappa shape index (κ1) is 23.3. The van der Waals surface area contributed by atoms with E-state index < -0.39 is 10.0 Å². The van der Waals surface area contributed by atoms with Gasteiger partial charge in [-0.2, -0.15) is 4.31 Å². The number of sulfonamides is 1. The van der Waals surface area contributed by atoms with Gasteiger partial charge in [0.15, 0.2) is 0 Å². The van der Waals surface area contributed by atoms with Crippen molar-refractivity contribution in [2.75, 3.05) is 13.1 Å². The van der Waals surface area contributed by atoms with Gasteiger partial charge in [0, 0.05) is 23.3 Å². The molecule has 2 aromatic heterocycles. The van der Waals surface area contributed by atoms with E-state index in [1.807, 2.05) is 0 Å². The maximum Gasteiger partial charge on any atom is 0.271 e. The molecule has 0 aliphatic heterocycles. The number of hydrogen-bond acceptors (Lipinski definition) is 7. The zero-order valence-electron chi connectivity index (χ0n) is 17.0. The van der Waals surface area contributed by atoms with Crippen LogP contribution in [0.1, 0.15) is 34.2 Å². The molecule has 11 heteroatoms. The molecule has 0 radical (unpaired) electrons. The van der Waals surface area contributed by atoms with Gasteiger partial charge in [-0.05, 0) is 36.4 Å². The molecule has 0 atom stereocenters. The summed E-state index contributed by atoms with van der Waals surface area (Å²) in [5, 5.41) is 4.99. The summed E-state index contributed by atoms with van der Waals surface area (Å²) in [5.41, 5.74) is 0.259. The Morgan fingerprint density at radius 3 is 2.55 bits per heavy atom. The van der Waals surface area contributed by atoms with E-state index in [4.69, 9.17) is 4.74 Å². The van der Waals surface area contributed by atoms with Gasteiger partial charge < -0.3 is 10.1 Å². The van der Waals surface area contributed by atoms with Crippen molar-refractivity contribution in [3.8, 4) is 5.75 Å². The van der Waals surface area contributed by atoms with Crippen molar-refractivity contribution in [3.05, 3.63) is 63.2 Å². The minimum Gasteiger partial charge on any atom is -0.486 e. The Morgan fingerprint density at radius 2 is 1.87 bits per heavy atom. The van der Waals surface area contributed by atoms with E-state index in [1.54, 1.807) is 31.4 Å². The SMILES string of the molecule is CCN(CC)S(=O)(=O)c1ccc(CNC(=O)c2csc(COc3ccc(F)cc3)n2)s1. The number of halogens is 1. The van der Waals surface area contributed by atoms with Crippen LogP contribution < -0.4 is 10.1 Å². The maximum absolute atomic E-state index is 12.9. The molecule has 0 fully saturated rings. The zero-order chi connectivity index (χ0) is 22.4. The highest BCUT2D eigenvalue weighted by molar-refractivity contribution is 7.91. The van der Waals surface area contributed by atoms with Crippen molar-refractivity contribution in [2.24, 2.45) is 0 Å². The first-order valence-corrected chi connectivity index (χ1v) is 12.7. The molecule has 0 bridgehead atoms. The Morgan fingerprint density at radius 1 is 1.16 bits per heavy atom. The number of carbonyl (C=O) groups excluding carboxylic acids is 1. The normalized spacial score (nSPS) is 11.6. The molecule has 0 unspecified atom stereocenters. The number of hydrogen-bond donors (Lipinski definition) is 1. The van der Waals surface area contributed by atoms with E-state index in [2.05, 4.69) is 10.3 Å². The second kappa shape index (κ2) is 10.3. The Labute approximate surface area is 188 Å². The third kappa shape index (κ3) is 5.88. The van der Waals surface area contributed by atoms with Gasteiger partial charge in [0.25, 0.3) is 15.9 Å². The molecule has 1 N–H and O–H groups in total. The topological polar surface area (TPSA) is 88.6 Å². The number of nitrogens with one attached hydrogen (secondary N) is 1. The fourth-order valence-electron chi connectivity index (χ4n) is 2.70. The Balaban J connectivity index is 1.54. The van der Waals surface area contributed by atoms with Crippen molar-refractivity contribution in [1.82, 2.24) is 14.6 Å². The molecule has 1 aromatic carbocycles. The second-order valence-corrected chi connectivity index (χ2v) is 10.6. The van der Waals surface area contributed by atoms with Gasteiger partial charge in [0.1, 0.15) is 33.1 Å². The molecule has 0 aliphatic carbocycles. The number of rotatable bonds is 10. The van der Waals surface area contributed by atoms with Crippen molar-refractivity contribution in [3.63, 3.8) is 0 Å². The van der Waals surface area contributed by atoms with Crippen LogP contribution in [0.3, 0.4) is 0 Å². The minimum atomic E-state index is -3.51. The molecule has 0 saturated heterocycles. The van der Waals surface area contributed by atoms with E-state index in [0.29, 0.717) is 23.8 Å². The van der Waals surface area contributed by atoms with Crippen LogP contribution in [0.2, 0.25) is 0 Å². The van der Waals surface area contributed by atoms with Crippen LogP contribution in [0.25, 0.3) is 0 Å². The molecule has 3 rings (SSSR count). The lowest BCUT2D eigenvalue weighted by molar-refractivity contribution is 0.0946. The molecular formula is C20H22FN3O4S3. The van der Waals surface area contributed by atoms with E-state index in [1.165, 1.54) is 39.9 Å². The minimum absolute atomic E-state index is 0.168. The van der Waals surface area contributed by atoms with E-state index in [9.17, 15) is 17.6 Å². The smallest absolute Gasteiger partial charge is 0.271 e. The number of ether oxygens (including phenoxy) is 1. The summed E-state index contributed by atoms with van der Waals surface area (Å²) < 4.78 is 45.2. The van der Waals surface area contributed by atoms with Gasteiger partial charge in [-0.15, -0.1) is 22.7 Å². The Kier molecular flexibility index (Phi) is 7.76. The zero-order valence-corrected chi connectivity index (χ0v) is 19.4. The van der Waals surface area contributed by atoms with Gasteiger partial charge in [0.2, 0.25) is 0 Å². The molecular weight excluding hydrogens is 461 g/mol. The number of amides is 1. The van der Waals surface area contributed by atoms with Crippen LogP contribution in [-0.2, 0) is 23.2 Å². The van der Waals surface area contributed by atoms with Gasteiger partial charge in [-0.25, -0.2) is 17.8 Å². The van der Waals surface area contributed by atoms with Crippen LogP contribution in [0, 0.1) is 5.82 Å². The van der Waals surface area contributed by atoms with Gasteiger partial charge in [-0.1, -0.05) is 13.8 Å². The van der Waals surface area contributed by atoms with Crippen molar-refractivity contribution in [2.45, 2.75) is 31.2 Å². The average molecular weight is 484 g/mol. The van der Waals surface area contributed by atoms with E-state index in [0.717, 1.165) is 16.2 Å². The van der Waals surface area contributed by atoms with Gasteiger partial charge >= 0.3 is 0 Å². The summed E-state index contributed by atoms with van der Waals surface area (Å²) in [5.74, 6) is -0.189. The number of thiazole rings is 1. The molecule has 31 heavy (non-hydrogen) atoms. The van der Waals surface area contributed by atoms with Crippen molar-refractivity contribution in [1.29, 1.82) is 0 Å². The van der Waals surface area contributed by atoms with Gasteiger partial charge in [-0.3, -0.25) is 4.79 Å². The third-order valence-corrected chi connectivity index (χ3v) is 8.74. The number of thiophene rings is 1. The number of benzene rings is 1. The van der Waals surface area contributed by atoms with Crippen LogP contribution >= 0.6 is 22.7 Å². The lowest BCUT2D eigenvalue weighted by Gasteiger charge is -2.16.